The first kappa shape index (κ1) is 27.1. The number of nitrogens with zero attached hydrogens (tertiary/aromatic N) is 2. The molecule has 0 aromatic carbocycles. The summed E-state index contributed by atoms with van der Waals surface area (Å²) in [7, 11) is 1.56. The molecule has 0 aliphatic carbocycles. The number of nitrogens with one attached hydrogen (secondary N) is 3. The molecular formula is C25H30F3N5O3. The van der Waals surface area contributed by atoms with Crippen LogP contribution in [0.25, 0.3) is 22.2 Å². The van der Waals surface area contributed by atoms with Crippen LogP contribution in [0.4, 0.5) is 13.2 Å². The Morgan fingerprint density at radius 3 is 2.56 bits per heavy atom. The van der Waals surface area contributed by atoms with Gasteiger partial charge in [-0.2, -0.15) is 13.2 Å². The van der Waals surface area contributed by atoms with Crippen molar-refractivity contribution in [1.29, 1.82) is 0 Å². The van der Waals surface area contributed by atoms with E-state index in [1.165, 1.54) is 6.20 Å². The van der Waals surface area contributed by atoms with Gasteiger partial charge in [-0.15, -0.1) is 0 Å². The monoisotopic (exact) mass is 505 g/mol. The average molecular weight is 506 g/mol. The molecule has 3 heterocycles. The molecule has 0 radical (unpaired) electrons. The maximum Gasteiger partial charge on any atom is 0.405 e. The number of carbonyl (C=O) groups is 2. The van der Waals surface area contributed by atoms with Crippen molar-refractivity contribution < 1.29 is 27.5 Å². The number of methoxy groups -OCH3 is 1. The fraction of sp³-hybridized carbons (Fsp3) is 0.440. The van der Waals surface area contributed by atoms with Crippen molar-refractivity contribution in [2.45, 2.75) is 39.4 Å². The van der Waals surface area contributed by atoms with Crippen molar-refractivity contribution in [3.05, 3.63) is 48.0 Å². The SMILES string of the molecule is COCC(C)NC(=O)c1cnc2[nH]cc(-c3cncc(C[C@@H](C(=O)NCC(F)(F)F)C(C)C)c3)c2c1. The van der Waals surface area contributed by atoms with Crippen molar-refractivity contribution >= 4 is 22.8 Å². The molecule has 0 saturated heterocycles. The minimum Gasteiger partial charge on any atom is -0.383 e. The lowest BCUT2D eigenvalue weighted by molar-refractivity contribution is -0.141. The first-order chi connectivity index (χ1) is 17.0. The van der Waals surface area contributed by atoms with Gasteiger partial charge >= 0.3 is 6.18 Å². The van der Waals surface area contributed by atoms with Gasteiger partial charge in [0.05, 0.1) is 12.2 Å². The number of H-pyrrole nitrogens is 1. The van der Waals surface area contributed by atoms with Gasteiger partial charge in [0, 0.05) is 60.4 Å². The molecule has 3 aromatic heterocycles. The summed E-state index contributed by atoms with van der Waals surface area (Å²) in [6, 6.07) is 3.40. The molecule has 3 rings (SSSR count). The van der Waals surface area contributed by atoms with E-state index in [0.29, 0.717) is 28.8 Å². The highest BCUT2D eigenvalue weighted by Gasteiger charge is 2.30. The predicted molar refractivity (Wildman–Crippen MR) is 129 cm³/mol. The summed E-state index contributed by atoms with van der Waals surface area (Å²) in [5.41, 5.74) is 3.16. The van der Waals surface area contributed by atoms with Crippen LogP contribution in [-0.2, 0) is 16.0 Å². The molecule has 2 amide bonds. The Kier molecular flexibility index (Phi) is 8.67. The topological polar surface area (TPSA) is 109 Å². The fourth-order valence-corrected chi connectivity index (χ4v) is 3.92. The van der Waals surface area contributed by atoms with Crippen molar-refractivity contribution in [1.82, 2.24) is 25.6 Å². The molecule has 8 nitrogen and oxygen atoms in total. The Bertz CT molecular complexity index is 1210. The molecule has 36 heavy (non-hydrogen) atoms. The molecular weight excluding hydrogens is 475 g/mol. The lowest BCUT2D eigenvalue weighted by atomic mass is 9.88. The van der Waals surface area contributed by atoms with Crippen LogP contribution >= 0.6 is 0 Å². The highest BCUT2D eigenvalue weighted by atomic mass is 19.4. The van der Waals surface area contributed by atoms with E-state index in [1.807, 2.05) is 18.3 Å². The standard InChI is InChI=1S/C25H30F3N5O3/c1-14(2)19(24(35)32-13-25(26,27)28)6-16-5-17(9-29-8-16)21-11-31-22-20(21)7-18(10-30-22)23(34)33-15(3)12-36-4/h5,7-11,14-15,19H,6,12-13H2,1-4H3,(H,30,31)(H,32,35)(H,33,34)/t15?,19-/m1/s1. The van der Waals surface area contributed by atoms with E-state index in [-0.39, 0.29) is 24.3 Å². The van der Waals surface area contributed by atoms with Crippen LogP contribution in [0, 0.1) is 11.8 Å². The highest BCUT2D eigenvalue weighted by Crippen LogP contribution is 2.29. The summed E-state index contributed by atoms with van der Waals surface area (Å²) >= 11 is 0. The number of hydrogen-bond donors (Lipinski definition) is 3. The molecule has 11 heteroatoms. The Hall–Kier alpha value is -3.47. The predicted octanol–water partition coefficient (Wildman–Crippen LogP) is 3.88. The fourth-order valence-electron chi connectivity index (χ4n) is 3.92. The van der Waals surface area contributed by atoms with E-state index < -0.39 is 24.5 Å². The van der Waals surface area contributed by atoms with Gasteiger partial charge < -0.3 is 20.4 Å². The second kappa shape index (κ2) is 11.5. The summed E-state index contributed by atoms with van der Waals surface area (Å²) < 4.78 is 42.7. The molecule has 3 aromatic rings. The zero-order valence-corrected chi connectivity index (χ0v) is 20.6. The van der Waals surface area contributed by atoms with E-state index in [1.54, 1.807) is 45.6 Å². The number of alkyl halides is 3. The molecule has 0 aliphatic rings. The number of carbonyl (C=O) groups excluding carboxylic acids is 2. The zero-order valence-electron chi connectivity index (χ0n) is 20.6. The normalized spacial score (nSPS) is 13.6. The van der Waals surface area contributed by atoms with E-state index in [2.05, 4.69) is 20.3 Å². The second-order valence-electron chi connectivity index (χ2n) is 9.12. The molecule has 194 valence electrons. The van der Waals surface area contributed by atoms with Gasteiger partial charge in [-0.1, -0.05) is 13.8 Å². The maximum absolute atomic E-state index is 12.6. The van der Waals surface area contributed by atoms with Crippen molar-refractivity contribution in [2.24, 2.45) is 11.8 Å². The van der Waals surface area contributed by atoms with E-state index in [4.69, 9.17) is 4.74 Å². The number of hydrogen-bond acceptors (Lipinski definition) is 5. The Labute approximate surface area is 207 Å². The molecule has 0 aliphatic heterocycles. The molecule has 0 saturated carbocycles. The van der Waals surface area contributed by atoms with Crippen molar-refractivity contribution in [2.75, 3.05) is 20.3 Å². The number of pyridine rings is 2. The molecule has 0 bridgehead atoms. The van der Waals surface area contributed by atoms with Gasteiger partial charge in [0.15, 0.2) is 0 Å². The highest BCUT2D eigenvalue weighted by molar-refractivity contribution is 6.01. The van der Waals surface area contributed by atoms with Crippen LogP contribution in [0.2, 0.25) is 0 Å². The number of rotatable bonds is 10. The minimum absolute atomic E-state index is 0.174. The van der Waals surface area contributed by atoms with Crippen molar-refractivity contribution in [3.8, 4) is 11.1 Å². The average Bonchev–Trinajstić information content (AvgIpc) is 3.24. The number of aromatic nitrogens is 3. The molecule has 0 spiro atoms. The Morgan fingerprint density at radius 2 is 1.89 bits per heavy atom. The van der Waals surface area contributed by atoms with Crippen LogP contribution in [-0.4, -0.2) is 59.2 Å². The smallest absolute Gasteiger partial charge is 0.383 e. The largest absolute Gasteiger partial charge is 0.405 e. The number of fused-ring (bicyclic) bond motifs is 1. The van der Waals surface area contributed by atoms with Crippen molar-refractivity contribution in [3.63, 3.8) is 0 Å². The van der Waals surface area contributed by atoms with Crippen LogP contribution in [0.5, 0.6) is 0 Å². The number of aromatic amines is 1. The van der Waals surface area contributed by atoms with Crippen LogP contribution in [0.1, 0.15) is 36.7 Å². The quantitative estimate of drug-likeness (QED) is 0.388. The third-order valence-corrected chi connectivity index (χ3v) is 5.75. The van der Waals surface area contributed by atoms with E-state index >= 15 is 0 Å². The number of halogens is 3. The van der Waals surface area contributed by atoms with Gasteiger partial charge in [0.2, 0.25) is 5.91 Å². The van der Waals surface area contributed by atoms with E-state index in [9.17, 15) is 22.8 Å². The maximum atomic E-state index is 12.6. The van der Waals surface area contributed by atoms with E-state index in [0.717, 1.165) is 11.1 Å². The van der Waals surface area contributed by atoms with Crippen LogP contribution in [0.3, 0.4) is 0 Å². The number of amides is 2. The summed E-state index contributed by atoms with van der Waals surface area (Å²) in [6.07, 6.45) is 2.24. The lowest BCUT2D eigenvalue weighted by Gasteiger charge is -2.21. The third kappa shape index (κ3) is 7.03. The second-order valence-corrected chi connectivity index (χ2v) is 9.12. The van der Waals surface area contributed by atoms with Gasteiger partial charge in [-0.3, -0.25) is 14.6 Å². The van der Waals surface area contributed by atoms with Gasteiger partial charge in [0.1, 0.15) is 12.2 Å². The first-order valence-electron chi connectivity index (χ1n) is 11.5. The van der Waals surface area contributed by atoms with Gasteiger partial charge in [-0.25, -0.2) is 4.98 Å². The molecule has 2 atom stereocenters. The Balaban J connectivity index is 1.84. The summed E-state index contributed by atoms with van der Waals surface area (Å²) in [5.74, 6) is -1.76. The minimum atomic E-state index is -4.47. The number of ether oxygens (including phenoxy) is 1. The summed E-state index contributed by atoms with van der Waals surface area (Å²) in [6.45, 7) is 4.43. The van der Waals surface area contributed by atoms with Gasteiger partial charge in [-0.05, 0) is 37.0 Å². The molecule has 0 fully saturated rings. The lowest BCUT2D eigenvalue weighted by Crippen LogP contribution is -2.40. The zero-order chi connectivity index (χ0) is 26.5. The Morgan fingerprint density at radius 1 is 1.14 bits per heavy atom. The first-order valence-corrected chi connectivity index (χ1v) is 11.5. The third-order valence-electron chi connectivity index (χ3n) is 5.75. The van der Waals surface area contributed by atoms with Gasteiger partial charge in [0.25, 0.3) is 5.91 Å². The van der Waals surface area contributed by atoms with Crippen LogP contribution < -0.4 is 10.6 Å². The summed E-state index contributed by atoms with van der Waals surface area (Å²) in [4.78, 5) is 36.8. The molecule has 1 unspecified atom stereocenters. The summed E-state index contributed by atoms with van der Waals surface area (Å²) in [5, 5.41) is 5.55. The van der Waals surface area contributed by atoms with Crippen LogP contribution in [0.15, 0.2) is 36.9 Å². The molecule has 3 N–H and O–H groups in total.